The molecule has 1 heterocycles. The lowest BCUT2D eigenvalue weighted by Crippen LogP contribution is -2.50. The summed E-state index contributed by atoms with van der Waals surface area (Å²) < 4.78 is 4.95. The zero-order valence-corrected chi connectivity index (χ0v) is 16.6. The number of nitrogens with one attached hydrogen (secondary N) is 1. The van der Waals surface area contributed by atoms with Crippen LogP contribution in [0.15, 0.2) is 48.5 Å². The number of carbonyl (C=O) groups is 2. The van der Waals surface area contributed by atoms with E-state index in [0.29, 0.717) is 31.8 Å². The molecule has 0 atom stereocenters. The third-order valence-electron chi connectivity index (χ3n) is 4.91. The van der Waals surface area contributed by atoms with E-state index < -0.39 is 0 Å². The molecular weight excluding hydrogens is 368 g/mol. The molecule has 0 aliphatic carbocycles. The largest absolute Gasteiger partial charge is 0.466 e. The fourth-order valence-electron chi connectivity index (χ4n) is 3.36. The van der Waals surface area contributed by atoms with Gasteiger partial charge in [0.25, 0.3) is 0 Å². The Bertz CT molecular complexity index is 878. The van der Waals surface area contributed by atoms with Gasteiger partial charge >= 0.3 is 12.0 Å². The van der Waals surface area contributed by atoms with E-state index in [1.807, 2.05) is 48.5 Å². The maximum absolute atomic E-state index is 12.8. The summed E-state index contributed by atoms with van der Waals surface area (Å²) in [5, 5.41) is 7.47. The lowest BCUT2D eigenvalue weighted by atomic mass is 10.0. The Kier molecular flexibility index (Phi) is 6.49. The molecule has 0 spiro atoms. The minimum absolute atomic E-state index is 0.0445. The van der Waals surface area contributed by atoms with E-state index in [1.54, 1.807) is 16.7 Å². The molecule has 7 nitrogen and oxygen atoms in total. The van der Waals surface area contributed by atoms with Crippen LogP contribution in [0.3, 0.4) is 0 Å². The van der Waals surface area contributed by atoms with Gasteiger partial charge in [-0.1, -0.05) is 36.4 Å². The second kappa shape index (κ2) is 9.23. The summed E-state index contributed by atoms with van der Waals surface area (Å²) in [4.78, 5) is 27.9. The van der Waals surface area contributed by atoms with Crippen molar-refractivity contribution in [2.45, 2.75) is 19.8 Å². The van der Waals surface area contributed by atoms with Crippen molar-refractivity contribution in [2.75, 3.05) is 31.1 Å². The molecule has 0 radical (unpaired) electrons. The molecular formula is C22H26N4O3. The Morgan fingerprint density at radius 3 is 2.28 bits per heavy atom. The van der Waals surface area contributed by atoms with Crippen LogP contribution < -0.4 is 10.6 Å². The zero-order valence-electron chi connectivity index (χ0n) is 16.6. The highest BCUT2D eigenvalue weighted by Crippen LogP contribution is 2.26. The summed E-state index contributed by atoms with van der Waals surface area (Å²) >= 11 is 0. The molecule has 0 bridgehead atoms. The van der Waals surface area contributed by atoms with Crippen LogP contribution in [0.1, 0.15) is 25.3 Å². The van der Waals surface area contributed by atoms with E-state index in [2.05, 4.69) is 0 Å². The first kappa shape index (κ1) is 20.4. The highest BCUT2D eigenvalue weighted by Gasteiger charge is 2.27. The van der Waals surface area contributed by atoms with E-state index in [1.165, 1.54) is 0 Å². The third kappa shape index (κ3) is 4.93. The number of nitrogens with zero attached hydrogens (tertiary/aromatic N) is 2. The predicted molar refractivity (Wildman–Crippen MR) is 113 cm³/mol. The van der Waals surface area contributed by atoms with Crippen LogP contribution in [0.25, 0.3) is 11.1 Å². The number of nitrogen functional groups attached to an aromatic ring is 1. The Labute approximate surface area is 170 Å². The molecule has 7 heteroatoms. The number of anilines is 1. The van der Waals surface area contributed by atoms with Crippen molar-refractivity contribution >= 4 is 23.5 Å². The number of amidine groups is 1. The smallest absolute Gasteiger partial charge is 0.324 e. The molecule has 2 aromatic rings. The van der Waals surface area contributed by atoms with Gasteiger partial charge in [-0.3, -0.25) is 15.1 Å². The standard InChI is InChI=1S/C22H26N4O3/c1-2-29-20(27)12-15-25-13-3-14-26(22(25)28)19-10-8-17(9-11-19)16-4-6-18(7-5-16)21(23)24/h4-11H,2-3,12-15H2,1H3,(H3,23,24). The van der Waals surface area contributed by atoms with Gasteiger partial charge in [-0.25, -0.2) is 4.79 Å². The number of urea groups is 1. The number of amides is 2. The third-order valence-corrected chi connectivity index (χ3v) is 4.91. The minimum atomic E-state index is -0.280. The first-order valence-electron chi connectivity index (χ1n) is 9.76. The van der Waals surface area contributed by atoms with Gasteiger partial charge in [-0.05, 0) is 36.6 Å². The molecule has 2 aromatic carbocycles. The summed E-state index contributed by atoms with van der Waals surface area (Å²) in [6.07, 6.45) is 1.06. The van der Waals surface area contributed by atoms with Crippen molar-refractivity contribution in [3.63, 3.8) is 0 Å². The van der Waals surface area contributed by atoms with Gasteiger partial charge in [0.1, 0.15) is 5.84 Å². The second-order valence-corrected chi connectivity index (χ2v) is 6.87. The summed E-state index contributed by atoms with van der Waals surface area (Å²) in [6.45, 7) is 3.79. The number of hydrogen-bond acceptors (Lipinski definition) is 4. The predicted octanol–water partition coefficient (Wildman–Crippen LogP) is 3.22. The molecule has 2 amide bonds. The van der Waals surface area contributed by atoms with Crippen LogP contribution in [0.2, 0.25) is 0 Å². The van der Waals surface area contributed by atoms with E-state index in [-0.39, 0.29) is 24.3 Å². The second-order valence-electron chi connectivity index (χ2n) is 6.87. The minimum Gasteiger partial charge on any atom is -0.466 e. The maximum Gasteiger partial charge on any atom is 0.324 e. The molecule has 3 N–H and O–H groups in total. The summed E-state index contributed by atoms with van der Waals surface area (Å²) in [5.41, 5.74) is 9.06. The first-order chi connectivity index (χ1) is 14.0. The molecule has 152 valence electrons. The number of benzene rings is 2. The maximum atomic E-state index is 12.8. The summed E-state index contributed by atoms with van der Waals surface area (Å²) in [5.74, 6) is -0.236. The number of esters is 1. The van der Waals surface area contributed by atoms with E-state index in [9.17, 15) is 9.59 Å². The highest BCUT2D eigenvalue weighted by molar-refractivity contribution is 5.95. The van der Waals surface area contributed by atoms with Gasteiger partial charge in [0.2, 0.25) is 0 Å². The Morgan fingerprint density at radius 1 is 1.07 bits per heavy atom. The average molecular weight is 394 g/mol. The monoisotopic (exact) mass is 394 g/mol. The fraction of sp³-hybridized carbons (Fsp3) is 0.318. The van der Waals surface area contributed by atoms with E-state index in [4.69, 9.17) is 15.9 Å². The average Bonchev–Trinajstić information content (AvgIpc) is 2.73. The van der Waals surface area contributed by atoms with Crippen LogP contribution in [-0.2, 0) is 9.53 Å². The van der Waals surface area contributed by atoms with E-state index in [0.717, 1.165) is 23.2 Å². The molecule has 1 aliphatic rings. The van der Waals surface area contributed by atoms with Gasteiger partial charge in [-0.2, -0.15) is 0 Å². The van der Waals surface area contributed by atoms with Gasteiger partial charge < -0.3 is 15.4 Å². The molecule has 1 fully saturated rings. The van der Waals surface area contributed by atoms with Crippen molar-refractivity contribution in [1.29, 1.82) is 5.41 Å². The first-order valence-corrected chi connectivity index (χ1v) is 9.76. The highest BCUT2D eigenvalue weighted by atomic mass is 16.5. The summed E-state index contributed by atoms with van der Waals surface area (Å²) in [7, 11) is 0. The van der Waals surface area contributed by atoms with Crippen molar-refractivity contribution in [3.8, 4) is 11.1 Å². The molecule has 0 saturated carbocycles. The van der Waals surface area contributed by atoms with Crippen LogP contribution >= 0.6 is 0 Å². The number of rotatable bonds is 7. The number of ether oxygens (including phenoxy) is 1. The molecule has 0 unspecified atom stereocenters. The Balaban J connectivity index is 1.67. The van der Waals surface area contributed by atoms with Crippen molar-refractivity contribution in [3.05, 3.63) is 54.1 Å². The number of hydrogen-bond donors (Lipinski definition) is 2. The fourth-order valence-corrected chi connectivity index (χ4v) is 3.36. The van der Waals surface area contributed by atoms with Crippen LogP contribution in [-0.4, -0.2) is 49.0 Å². The molecule has 0 aromatic heterocycles. The van der Waals surface area contributed by atoms with Crippen LogP contribution in [0.5, 0.6) is 0 Å². The summed E-state index contributed by atoms with van der Waals surface area (Å²) in [6, 6.07) is 15.2. The molecule has 3 rings (SSSR count). The van der Waals surface area contributed by atoms with Crippen LogP contribution in [0, 0.1) is 5.41 Å². The topological polar surface area (TPSA) is 99.7 Å². The van der Waals surface area contributed by atoms with Gasteiger partial charge in [0.05, 0.1) is 13.0 Å². The number of nitrogens with two attached hydrogens (primary N) is 1. The normalized spacial score (nSPS) is 14.0. The van der Waals surface area contributed by atoms with Gasteiger partial charge in [0.15, 0.2) is 0 Å². The van der Waals surface area contributed by atoms with Crippen LogP contribution in [0.4, 0.5) is 10.5 Å². The molecule has 1 aliphatic heterocycles. The molecule has 29 heavy (non-hydrogen) atoms. The van der Waals surface area contributed by atoms with Crippen molar-refractivity contribution < 1.29 is 14.3 Å². The van der Waals surface area contributed by atoms with Crippen molar-refractivity contribution in [1.82, 2.24) is 4.90 Å². The zero-order chi connectivity index (χ0) is 20.8. The Morgan fingerprint density at radius 2 is 1.69 bits per heavy atom. The van der Waals surface area contributed by atoms with Gasteiger partial charge in [-0.15, -0.1) is 0 Å². The Hall–Kier alpha value is -3.35. The van der Waals surface area contributed by atoms with Crippen molar-refractivity contribution in [2.24, 2.45) is 5.73 Å². The van der Waals surface area contributed by atoms with E-state index >= 15 is 0 Å². The van der Waals surface area contributed by atoms with Gasteiger partial charge in [0, 0.05) is 30.9 Å². The SMILES string of the molecule is CCOC(=O)CCN1CCCN(c2ccc(-c3ccc(C(=N)N)cc3)cc2)C1=O. The lowest BCUT2D eigenvalue weighted by Gasteiger charge is -2.35. The molecule has 1 saturated heterocycles. The lowest BCUT2D eigenvalue weighted by molar-refractivity contribution is -0.143. The quantitative estimate of drug-likeness (QED) is 0.428. The number of carbonyl (C=O) groups excluding carboxylic acids is 2.